The molecule has 108 valence electrons. The van der Waals surface area contributed by atoms with Gasteiger partial charge in [0.25, 0.3) is 0 Å². The summed E-state index contributed by atoms with van der Waals surface area (Å²) in [4.78, 5) is 0. The van der Waals surface area contributed by atoms with Crippen molar-refractivity contribution in [3.05, 3.63) is 41.0 Å². The normalized spacial score (nSPS) is 20.3. The molecule has 1 aliphatic heterocycles. The number of hydrogen-bond donors (Lipinski definition) is 0. The van der Waals surface area contributed by atoms with Gasteiger partial charge in [0.2, 0.25) is 0 Å². The molecule has 1 atom stereocenters. The Kier molecular flexibility index (Phi) is 3.47. The molecule has 0 amide bonds. The first-order valence-electron chi connectivity index (χ1n) is 6.46. The molecule has 0 N–H and O–H groups in total. The van der Waals surface area contributed by atoms with Crippen LogP contribution in [0.25, 0.3) is 11.3 Å². The van der Waals surface area contributed by atoms with E-state index in [0.717, 1.165) is 5.56 Å². The third-order valence-electron chi connectivity index (χ3n) is 3.57. The largest absolute Gasteiger partial charge is 0.248 e. The zero-order valence-corrected chi connectivity index (χ0v) is 12.6. The van der Waals surface area contributed by atoms with Gasteiger partial charge in [0.1, 0.15) is 22.5 Å². The molecular weight excluding hydrogens is 310 g/mol. The van der Waals surface area contributed by atoms with Crippen LogP contribution in [-0.4, -0.2) is 29.7 Å². The number of aromatic nitrogens is 2. The highest BCUT2D eigenvalue weighted by atomic mass is 35.5. The first-order valence-corrected chi connectivity index (χ1v) is 8.66. The monoisotopic (exact) mass is 321 g/mol. The highest BCUT2D eigenvalue weighted by Gasteiger charge is 2.32. The molecule has 2 heterocycles. The molecule has 3 rings (SSSR count). The SMILES string of the molecule is N#Cc1c(-c2ccccc2)nn(C2CCS(=O)(=O)C2)c1Cl. The number of halogens is 1. The van der Waals surface area contributed by atoms with Gasteiger partial charge < -0.3 is 0 Å². The summed E-state index contributed by atoms with van der Waals surface area (Å²) in [6.07, 6.45) is 0.475. The molecule has 1 aromatic carbocycles. The van der Waals surface area contributed by atoms with Crippen molar-refractivity contribution in [3.8, 4) is 17.3 Å². The summed E-state index contributed by atoms with van der Waals surface area (Å²) in [5.41, 5.74) is 1.56. The number of sulfone groups is 1. The number of hydrogen-bond acceptors (Lipinski definition) is 4. The van der Waals surface area contributed by atoms with E-state index in [1.807, 2.05) is 30.3 Å². The Bertz CT molecular complexity index is 822. The van der Waals surface area contributed by atoms with Crippen LogP contribution in [-0.2, 0) is 9.84 Å². The molecule has 0 radical (unpaired) electrons. The molecule has 1 unspecified atom stereocenters. The quantitative estimate of drug-likeness (QED) is 0.851. The topological polar surface area (TPSA) is 75.8 Å². The molecule has 1 saturated heterocycles. The van der Waals surface area contributed by atoms with E-state index in [0.29, 0.717) is 12.1 Å². The fraction of sp³-hybridized carbons (Fsp3) is 0.286. The molecule has 0 aliphatic carbocycles. The van der Waals surface area contributed by atoms with Gasteiger partial charge in [-0.1, -0.05) is 41.9 Å². The third-order valence-corrected chi connectivity index (χ3v) is 5.68. The molecule has 0 bridgehead atoms. The Balaban J connectivity index is 2.09. The minimum absolute atomic E-state index is 0.0213. The summed E-state index contributed by atoms with van der Waals surface area (Å²) in [5.74, 6) is 0.157. The molecule has 0 saturated carbocycles. The second kappa shape index (κ2) is 5.17. The lowest BCUT2D eigenvalue weighted by Crippen LogP contribution is -2.12. The molecule has 5 nitrogen and oxygen atoms in total. The van der Waals surface area contributed by atoms with Crippen LogP contribution >= 0.6 is 11.6 Å². The van der Waals surface area contributed by atoms with Crippen molar-refractivity contribution in [3.63, 3.8) is 0 Å². The summed E-state index contributed by atoms with van der Waals surface area (Å²) < 4.78 is 24.7. The number of nitriles is 1. The summed E-state index contributed by atoms with van der Waals surface area (Å²) in [6, 6.07) is 11.0. The van der Waals surface area contributed by atoms with Crippen molar-refractivity contribution in [2.45, 2.75) is 12.5 Å². The van der Waals surface area contributed by atoms with Gasteiger partial charge in [-0.25, -0.2) is 13.1 Å². The maximum absolute atomic E-state index is 11.6. The van der Waals surface area contributed by atoms with E-state index in [1.165, 1.54) is 4.68 Å². The molecule has 21 heavy (non-hydrogen) atoms. The van der Waals surface area contributed by atoms with Crippen LogP contribution in [0.2, 0.25) is 5.15 Å². The summed E-state index contributed by atoms with van der Waals surface area (Å²) in [6.45, 7) is 0. The van der Waals surface area contributed by atoms with Crippen molar-refractivity contribution in [2.75, 3.05) is 11.5 Å². The minimum atomic E-state index is -3.04. The lowest BCUT2D eigenvalue weighted by molar-refractivity contribution is 0.501. The summed E-state index contributed by atoms with van der Waals surface area (Å²) in [7, 11) is -3.04. The van der Waals surface area contributed by atoms with E-state index in [4.69, 9.17) is 11.6 Å². The van der Waals surface area contributed by atoms with Crippen LogP contribution in [0.15, 0.2) is 30.3 Å². The van der Waals surface area contributed by atoms with Crippen molar-refractivity contribution in [1.29, 1.82) is 5.26 Å². The number of nitrogens with zero attached hydrogens (tertiary/aromatic N) is 3. The maximum atomic E-state index is 11.6. The third kappa shape index (κ3) is 2.55. The van der Waals surface area contributed by atoms with E-state index in [-0.39, 0.29) is 28.3 Å². The predicted molar refractivity (Wildman–Crippen MR) is 79.7 cm³/mol. The van der Waals surface area contributed by atoms with Crippen LogP contribution in [0.3, 0.4) is 0 Å². The lowest BCUT2D eigenvalue weighted by atomic mass is 10.1. The van der Waals surface area contributed by atoms with Crippen molar-refractivity contribution in [2.24, 2.45) is 0 Å². The molecular formula is C14H12ClN3O2S. The minimum Gasteiger partial charge on any atom is -0.248 e. The Hall–Kier alpha value is -1.84. The standard InChI is InChI=1S/C14H12ClN3O2S/c15-14-12(8-16)13(10-4-2-1-3-5-10)17-18(14)11-6-7-21(19,20)9-11/h1-5,11H,6-7,9H2. The van der Waals surface area contributed by atoms with Gasteiger partial charge in [-0.2, -0.15) is 10.4 Å². The van der Waals surface area contributed by atoms with Gasteiger partial charge in [0.05, 0.1) is 17.5 Å². The molecule has 1 aliphatic rings. The smallest absolute Gasteiger partial charge is 0.152 e. The fourth-order valence-corrected chi connectivity index (χ4v) is 4.52. The number of rotatable bonds is 2. The zero-order valence-electron chi connectivity index (χ0n) is 11.0. The van der Waals surface area contributed by atoms with E-state index in [9.17, 15) is 13.7 Å². The maximum Gasteiger partial charge on any atom is 0.152 e. The molecule has 1 aromatic heterocycles. The lowest BCUT2D eigenvalue weighted by Gasteiger charge is -2.09. The highest BCUT2D eigenvalue weighted by molar-refractivity contribution is 7.91. The molecule has 7 heteroatoms. The summed E-state index contributed by atoms with van der Waals surface area (Å²) >= 11 is 6.24. The van der Waals surface area contributed by atoms with Crippen LogP contribution in [0.1, 0.15) is 18.0 Å². The Morgan fingerprint density at radius 1 is 1.33 bits per heavy atom. The molecule has 2 aromatic rings. The Morgan fingerprint density at radius 2 is 2.05 bits per heavy atom. The Morgan fingerprint density at radius 3 is 2.62 bits per heavy atom. The van der Waals surface area contributed by atoms with E-state index in [2.05, 4.69) is 11.2 Å². The second-order valence-corrected chi connectivity index (χ2v) is 7.58. The highest BCUT2D eigenvalue weighted by Crippen LogP contribution is 2.33. The summed E-state index contributed by atoms with van der Waals surface area (Å²) in [5, 5.41) is 13.9. The van der Waals surface area contributed by atoms with Crippen LogP contribution in [0.5, 0.6) is 0 Å². The van der Waals surface area contributed by atoms with Crippen LogP contribution in [0, 0.1) is 11.3 Å². The van der Waals surface area contributed by atoms with Crippen molar-refractivity contribution >= 4 is 21.4 Å². The van der Waals surface area contributed by atoms with E-state index in [1.54, 1.807) is 0 Å². The van der Waals surface area contributed by atoms with Gasteiger partial charge in [-0.15, -0.1) is 0 Å². The number of benzene rings is 1. The zero-order chi connectivity index (χ0) is 15.0. The predicted octanol–water partition coefficient (Wildman–Crippen LogP) is 2.43. The van der Waals surface area contributed by atoms with Crippen LogP contribution < -0.4 is 0 Å². The van der Waals surface area contributed by atoms with Crippen molar-refractivity contribution < 1.29 is 8.42 Å². The van der Waals surface area contributed by atoms with Crippen LogP contribution in [0.4, 0.5) is 0 Å². The first-order chi connectivity index (χ1) is 10.0. The van der Waals surface area contributed by atoms with Crippen molar-refractivity contribution in [1.82, 2.24) is 9.78 Å². The van der Waals surface area contributed by atoms with E-state index >= 15 is 0 Å². The van der Waals surface area contributed by atoms with Gasteiger partial charge in [-0.3, -0.25) is 0 Å². The average molecular weight is 322 g/mol. The average Bonchev–Trinajstić information content (AvgIpc) is 2.99. The first kappa shape index (κ1) is 14.1. The molecule has 1 fully saturated rings. The second-order valence-electron chi connectivity index (χ2n) is 4.99. The van der Waals surface area contributed by atoms with Gasteiger partial charge in [0, 0.05) is 5.56 Å². The molecule has 0 spiro atoms. The fourth-order valence-electron chi connectivity index (χ4n) is 2.52. The van der Waals surface area contributed by atoms with Gasteiger partial charge in [0.15, 0.2) is 9.84 Å². The van der Waals surface area contributed by atoms with Gasteiger partial charge in [-0.05, 0) is 6.42 Å². The Labute approximate surface area is 127 Å². The van der Waals surface area contributed by atoms with Gasteiger partial charge >= 0.3 is 0 Å². The van der Waals surface area contributed by atoms with E-state index < -0.39 is 9.84 Å².